The summed E-state index contributed by atoms with van der Waals surface area (Å²) in [5, 5.41) is 3.58. The average Bonchev–Trinajstić information content (AvgIpc) is 2.83. The van der Waals surface area contributed by atoms with Crippen molar-refractivity contribution in [3.63, 3.8) is 0 Å². The van der Waals surface area contributed by atoms with Crippen LogP contribution < -0.4 is 15.8 Å². The monoisotopic (exact) mass is 256 g/mol. The topological polar surface area (TPSA) is 73.1 Å². The van der Waals surface area contributed by atoms with Crippen LogP contribution in [0.15, 0.2) is 0 Å². The third kappa shape index (κ3) is 2.79. The summed E-state index contributed by atoms with van der Waals surface area (Å²) in [6.07, 6.45) is 4.84. The van der Waals surface area contributed by atoms with Crippen molar-refractivity contribution in [2.75, 3.05) is 12.4 Å². The van der Waals surface area contributed by atoms with Crippen molar-refractivity contribution < 1.29 is 4.74 Å². The number of hydrogen-bond acceptors (Lipinski definition) is 5. The first-order valence-corrected chi connectivity index (χ1v) is 6.19. The van der Waals surface area contributed by atoms with Gasteiger partial charge in [0.2, 0.25) is 11.2 Å². The highest BCUT2D eigenvalue weighted by molar-refractivity contribution is 6.28. The Labute approximate surface area is 106 Å². The molecule has 1 aromatic heterocycles. The maximum absolute atomic E-state index is 5.81. The number of aromatic nitrogens is 2. The second kappa shape index (κ2) is 5.51. The average molecular weight is 257 g/mol. The van der Waals surface area contributed by atoms with Crippen molar-refractivity contribution >= 4 is 17.3 Å². The lowest BCUT2D eigenvalue weighted by Crippen LogP contribution is -2.19. The predicted octanol–water partition coefficient (Wildman–Crippen LogP) is 1.95. The molecule has 1 aromatic rings. The Kier molecular flexibility index (Phi) is 4.02. The molecule has 0 atom stereocenters. The Bertz CT molecular complexity index is 368. The van der Waals surface area contributed by atoms with Gasteiger partial charge in [-0.1, -0.05) is 12.8 Å². The lowest BCUT2D eigenvalue weighted by molar-refractivity contribution is 0.397. The number of halogens is 1. The summed E-state index contributed by atoms with van der Waals surface area (Å²) in [6, 6.07) is 0.457. The molecule has 1 saturated carbocycles. The Hall–Kier alpha value is -1.07. The van der Waals surface area contributed by atoms with Crippen LogP contribution in [0.25, 0.3) is 0 Å². The molecule has 0 radical (unpaired) electrons. The summed E-state index contributed by atoms with van der Waals surface area (Å²) in [5.74, 6) is 0.470. The van der Waals surface area contributed by atoms with E-state index in [1.807, 2.05) is 0 Å². The largest absolute Gasteiger partial charge is 0.479 e. The number of nitrogens with two attached hydrogens (primary N) is 1. The Morgan fingerprint density at radius 3 is 2.71 bits per heavy atom. The quantitative estimate of drug-likeness (QED) is 0.806. The fourth-order valence-electron chi connectivity index (χ4n) is 2.17. The van der Waals surface area contributed by atoms with Gasteiger partial charge in [0, 0.05) is 12.6 Å². The summed E-state index contributed by atoms with van der Waals surface area (Å²) in [4.78, 5) is 8.19. The molecule has 3 N–H and O–H groups in total. The lowest BCUT2D eigenvalue weighted by Gasteiger charge is -2.18. The molecule has 0 aliphatic heterocycles. The first kappa shape index (κ1) is 12.4. The van der Waals surface area contributed by atoms with Crippen LogP contribution in [-0.4, -0.2) is 23.1 Å². The van der Waals surface area contributed by atoms with E-state index in [2.05, 4.69) is 15.3 Å². The molecule has 6 heteroatoms. The van der Waals surface area contributed by atoms with Crippen LogP contribution in [0.1, 0.15) is 31.4 Å². The molecule has 1 aliphatic carbocycles. The van der Waals surface area contributed by atoms with Crippen LogP contribution in [0, 0.1) is 0 Å². The molecule has 0 spiro atoms. The van der Waals surface area contributed by atoms with Gasteiger partial charge >= 0.3 is 0 Å². The molecule has 17 heavy (non-hydrogen) atoms. The van der Waals surface area contributed by atoms with E-state index >= 15 is 0 Å². The van der Waals surface area contributed by atoms with Gasteiger partial charge in [0.1, 0.15) is 5.69 Å². The van der Waals surface area contributed by atoms with Crippen molar-refractivity contribution in [3.8, 4) is 5.88 Å². The molecular weight excluding hydrogens is 240 g/mol. The zero-order valence-corrected chi connectivity index (χ0v) is 10.6. The summed E-state index contributed by atoms with van der Waals surface area (Å²) < 4.78 is 5.23. The molecule has 0 bridgehead atoms. The van der Waals surface area contributed by atoms with Crippen LogP contribution in [0.2, 0.25) is 5.28 Å². The van der Waals surface area contributed by atoms with Gasteiger partial charge in [-0.15, -0.1) is 0 Å². The number of nitrogens with one attached hydrogen (secondary N) is 1. The zero-order chi connectivity index (χ0) is 12.3. The normalized spacial score (nSPS) is 16.2. The predicted molar refractivity (Wildman–Crippen MR) is 67.4 cm³/mol. The zero-order valence-electron chi connectivity index (χ0n) is 9.87. The van der Waals surface area contributed by atoms with Crippen molar-refractivity contribution in [3.05, 3.63) is 11.0 Å². The van der Waals surface area contributed by atoms with Gasteiger partial charge in [0.15, 0.2) is 0 Å². The Morgan fingerprint density at radius 1 is 1.41 bits per heavy atom. The smallest absolute Gasteiger partial charge is 0.241 e. The summed E-state index contributed by atoms with van der Waals surface area (Å²) >= 11 is 5.81. The number of nitrogens with zero attached hydrogens (tertiary/aromatic N) is 2. The molecular formula is C11H17ClN4O. The van der Waals surface area contributed by atoms with E-state index in [0.717, 1.165) is 18.5 Å². The molecule has 0 saturated heterocycles. The molecule has 5 nitrogen and oxygen atoms in total. The van der Waals surface area contributed by atoms with E-state index in [-0.39, 0.29) is 5.28 Å². The van der Waals surface area contributed by atoms with E-state index in [4.69, 9.17) is 22.1 Å². The van der Waals surface area contributed by atoms with Crippen molar-refractivity contribution in [2.45, 2.75) is 38.3 Å². The highest BCUT2D eigenvalue weighted by Gasteiger charge is 2.20. The van der Waals surface area contributed by atoms with Gasteiger partial charge in [0.25, 0.3) is 0 Å². The first-order chi connectivity index (χ1) is 8.24. The minimum atomic E-state index is 0.166. The van der Waals surface area contributed by atoms with Gasteiger partial charge in [-0.05, 0) is 24.4 Å². The van der Waals surface area contributed by atoms with Crippen molar-refractivity contribution in [1.82, 2.24) is 9.97 Å². The molecule has 2 rings (SSSR count). The van der Waals surface area contributed by atoms with Crippen LogP contribution >= 0.6 is 11.6 Å². The molecule has 1 fully saturated rings. The van der Waals surface area contributed by atoms with Crippen LogP contribution in [0.4, 0.5) is 5.69 Å². The maximum Gasteiger partial charge on any atom is 0.241 e. The van der Waals surface area contributed by atoms with E-state index < -0.39 is 0 Å². The fourth-order valence-corrected chi connectivity index (χ4v) is 2.35. The van der Waals surface area contributed by atoms with Gasteiger partial charge in [0.05, 0.1) is 12.8 Å². The standard InChI is InChI=1S/C11H17ClN4O/c1-17-10-9(14-7-4-2-3-5-7)8(6-13)15-11(12)16-10/h7,14H,2-6,13H2,1H3. The van der Waals surface area contributed by atoms with Crippen LogP contribution in [0.5, 0.6) is 5.88 Å². The van der Waals surface area contributed by atoms with E-state index in [1.165, 1.54) is 12.8 Å². The first-order valence-electron chi connectivity index (χ1n) is 5.81. The summed E-state index contributed by atoms with van der Waals surface area (Å²) in [7, 11) is 1.57. The number of rotatable bonds is 4. The van der Waals surface area contributed by atoms with Gasteiger partial charge < -0.3 is 15.8 Å². The Balaban J connectivity index is 2.28. The molecule has 0 aromatic carbocycles. The van der Waals surface area contributed by atoms with E-state index in [0.29, 0.717) is 24.2 Å². The van der Waals surface area contributed by atoms with Crippen molar-refractivity contribution in [1.29, 1.82) is 0 Å². The van der Waals surface area contributed by atoms with E-state index in [1.54, 1.807) is 7.11 Å². The number of ether oxygens (including phenoxy) is 1. The molecule has 94 valence electrons. The molecule has 1 aliphatic rings. The van der Waals surface area contributed by atoms with Crippen LogP contribution in [0.3, 0.4) is 0 Å². The number of anilines is 1. The van der Waals surface area contributed by atoms with E-state index in [9.17, 15) is 0 Å². The summed E-state index contributed by atoms with van der Waals surface area (Å²) in [5.41, 5.74) is 7.16. The third-order valence-electron chi connectivity index (χ3n) is 3.01. The van der Waals surface area contributed by atoms with Crippen LogP contribution in [-0.2, 0) is 6.54 Å². The number of methoxy groups -OCH3 is 1. The Morgan fingerprint density at radius 2 is 2.12 bits per heavy atom. The van der Waals surface area contributed by atoms with Crippen molar-refractivity contribution in [2.24, 2.45) is 5.73 Å². The minimum absolute atomic E-state index is 0.166. The SMILES string of the molecule is COc1nc(Cl)nc(CN)c1NC1CCCC1. The fraction of sp³-hybridized carbons (Fsp3) is 0.636. The number of hydrogen-bond donors (Lipinski definition) is 2. The lowest BCUT2D eigenvalue weighted by atomic mass is 10.2. The summed E-state index contributed by atoms with van der Waals surface area (Å²) in [6.45, 7) is 0.313. The highest BCUT2D eigenvalue weighted by atomic mass is 35.5. The van der Waals surface area contributed by atoms with Gasteiger partial charge in [-0.25, -0.2) is 4.98 Å². The van der Waals surface area contributed by atoms with Gasteiger partial charge in [-0.2, -0.15) is 4.98 Å². The molecule has 0 amide bonds. The third-order valence-corrected chi connectivity index (χ3v) is 3.18. The van der Waals surface area contributed by atoms with Gasteiger partial charge in [-0.3, -0.25) is 0 Å². The second-order valence-electron chi connectivity index (χ2n) is 4.15. The minimum Gasteiger partial charge on any atom is -0.479 e. The molecule has 0 unspecified atom stereocenters. The second-order valence-corrected chi connectivity index (χ2v) is 4.49. The molecule has 1 heterocycles. The maximum atomic E-state index is 5.81. The highest BCUT2D eigenvalue weighted by Crippen LogP contribution is 2.30.